The summed E-state index contributed by atoms with van der Waals surface area (Å²) >= 11 is 0. The van der Waals surface area contributed by atoms with Gasteiger partial charge in [0, 0.05) is 49.4 Å². The normalized spacial score (nSPS) is 11.9. The molecule has 266 valence electrons. The zero-order valence-corrected chi connectivity index (χ0v) is 31.0. The Morgan fingerprint density at radius 3 is 1.11 bits per heavy atom. The van der Waals surface area contributed by atoms with Crippen molar-refractivity contribution in [3.8, 4) is 39.3 Å². The number of aromatic nitrogens is 3. The summed E-state index contributed by atoms with van der Waals surface area (Å²) in [7, 11) is 0. The Balaban J connectivity index is 1.05. The van der Waals surface area contributed by atoms with E-state index < -0.39 is 0 Å². The van der Waals surface area contributed by atoms with Gasteiger partial charge in [0.1, 0.15) is 0 Å². The maximum atomic E-state index is 2.43. The second-order valence-electron chi connectivity index (χ2n) is 15.0. The minimum absolute atomic E-state index is 1.14. The van der Waals surface area contributed by atoms with Gasteiger partial charge in [0.2, 0.25) is 0 Å². The highest BCUT2D eigenvalue weighted by Gasteiger charge is 2.18. The Morgan fingerprint density at radius 1 is 0.193 bits per heavy atom. The third-order valence-corrected chi connectivity index (χ3v) is 11.8. The van der Waals surface area contributed by atoms with Gasteiger partial charge in [-0.05, 0) is 107 Å². The maximum absolute atomic E-state index is 2.43. The molecule has 3 heterocycles. The third kappa shape index (κ3) is 4.86. The molecule has 0 aliphatic carbocycles. The third-order valence-electron chi connectivity index (χ3n) is 11.8. The predicted molar refractivity (Wildman–Crippen MR) is 240 cm³/mol. The van der Waals surface area contributed by atoms with Crippen LogP contribution in [0.3, 0.4) is 0 Å². The first-order chi connectivity index (χ1) is 28.3. The van der Waals surface area contributed by atoms with E-state index in [-0.39, 0.29) is 0 Å². The quantitative estimate of drug-likeness (QED) is 0.168. The van der Waals surface area contributed by atoms with E-state index in [1.807, 2.05) is 0 Å². The van der Waals surface area contributed by atoms with E-state index in [4.69, 9.17) is 0 Å². The van der Waals surface area contributed by atoms with Gasteiger partial charge in [-0.25, -0.2) is 0 Å². The molecule has 3 nitrogen and oxygen atoms in total. The number of hydrogen-bond acceptors (Lipinski definition) is 0. The molecule has 0 aliphatic heterocycles. The minimum atomic E-state index is 1.14. The van der Waals surface area contributed by atoms with E-state index in [0.29, 0.717) is 0 Å². The highest BCUT2D eigenvalue weighted by Crippen LogP contribution is 2.40. The van der Waals surface area contributed by atoms with Gasteiger partial charge in [-0.3, -0.25) is 0 Å². The lowest BCUT2D eigenvalue weighted by atomic mass is 9.99. The lowest BCUT2D eigenvalue weighted by molar-refractivity contribution is 1.15. The summed E-state index contributed by atoms with van der Waals surface area (Å²) in [6.45, 7) is 0. The van der Waals surface area contributed by atoms with Crippen molar-refractivity contribution in [3.63, 3.8) is 0 Å². The Hall–Kier alpha value is -7.62. The first-order valence-electron chi connectivity index (χ1n) is 19.6. The van der Waals surface area contributed by atoms with Gasteiger partial charge >= 0.3 is 0 Å². The lowest BCUT2D eigenvalue weighted by Gasteiger charge is -2.11. The number of hydrogen-bond donors (Lipinski definition) is 0. The van der Waals surface area contributed by atoms with Crippen molar-refractivity contribution in [1.82, 2.24) is 13.7 Å². The summed E-state index contributed by atoms with van der Waals surface area (Å²) in [6.07, 6.45) is 0. The van der Waals surface area contributed by atoms with Crippen molar-refractivity contribution in [3.05, 3.63) is 212 Å². The van der Waals surface area contributed by atoms with E-state index in [1.54, 1.807) is 0 Å². The molecule has 0 amide bonds. The molecule has 57 heavy (non-hydrogen) atoms. The molecule has 0 N–H and O–H groups in total. The van der Waals surface area contributed by atoms with Crippen LogP contribution in [0.1, 0.15) is 0 Å². The van der Waals surface area contributed by atoms with Crippen molar-refractivity contribution >= 4 is 65.4 Å². The molecule has 0 aliphatic rings. The van der Waals surface area contributed by atoms with Gasteiger partial charge in [0.15, 0.2) is 0 Å². The van der Waals surface area contributed by atoms with Gasteiger partial charge in [-0.2, -0.15) is 0 Å². The van der Waals surface area contributed by atoms with Crippen molar-refractivity contribution < 1.29 is 0 Å². The monoisotopic (exact) mass is 725 g/mol. The number of rotatable bonds is 5. The standard InChI is InChI=1S/C54H35N3/c1-4-14-36(15-5-1)37-24-29-52-47(32-37)48-34-39(26-31-53(48)55(52)40-16-6-2-7-17-40)38-25-30-51-46(33-38)44-21-11-13-23-50(44)57(51)42-27-28-45-43-20-10-12-22-49(43)56(54(45)35-42)41-18-8-3-9-19-41/h1-35H. The Labute approximate surface area is 329 Å². The SMILES string of the molecule is c1ccc(-c2ccc3c(c2)c2cc(-c4ccc5c(c4)c4ccccc4n5-c4ccc5c6ccccc6n(-c6ccccc6)c5c4)ccc2n3-c2ccccc2)cc1. The summed E-state index contributed by atoms with van der Waals surface area (Å²) in [5.74, 6) is 0. The number of benzene rings is 9. The highest BCUT2D eigenvalue weighted by molar-refractivity contribution is 6.14. The van der Waals surface area contributed by atoms with E-state index >= 15 is 0 Å². The van der Waals surface area contributed by atoms with Gasteiger partial charge in [-0.1, -0.05) is 127 Å². The molecule has 3 heteroatoms. The molecule has 3 aromatic heterocycles. The van der Waals surface area contributed by atoms with Crippen molar-refractivity contribution in [2.24, 2.45) is 0 Å². The first-order valence-corrected chi connectivity index (χ1v) is 19.6. The smallest absolute Gasteiger partial charge is 0.0561 e. The molecule has 0 bridgehead atoms. The van der Waals surface area contributed by atoms with Crippen molar-refractivity contribution in [2.75, 3.05) is 0 Å². The van der Waals surface area contributed by atoms with Crippen molar-refractivity contribution in [2.45, 2.75) is 0 Å². The van der Waals surface area contributed by atoms with Crippen LogP contribution in [0.2, 0.25) is 0 Å². The van der Waals surface area contributed by atoms with Crippen LogP contribution in [0.5, 0.6) is 0 Å². The second kappa shape index (κ2) is 12.5. The summed E-state index contributed by atoms with van der Waals surface area (Å²) in [4.78, 5) is 0. The van der Waals surface area contributed by atoms with Crippen LogP contribution in [0, 0.1) is 0 Å². The molecule has 12 rings (SSSR count). The van der Waals surface area contributed by atoms with Crippen molar-refractivity contribution in [1.29, 1.82) is 0 Å². The highest BCUT2D eigenvalue weighted by atomic mass is 15.0. The lowest BCUT2D eigenvalue weighted by Crippen LogP contribution is -1.96. The van der Waals surface area contributed by atoms with Crippen LogP contribution in [0.4, 0.5) is 0 Å². The zero-order chi connectivity index (χ0) is 37.5. The van der Waals surface area contributed by atoms with Crippen LogP contribution in [-0.2, 0) is 0 Å². The van der Waals surface area contributed by atoms with Crippen LogP contribution in [-0.4, -0.2) is 13.7 Å². The molecule has 0 unspecified atom stereocenters. The first kappa shape index (κ1) is 31.7. The average Bonchev–Trinajstić information content (AvgIpc) is 3.92. The number of nitrogens with zero attached hydrogens (tertiary/aromatic N) is 3. The number of para-hydroxylation sites is 4. The van der Waals surface area contributed by atoms with E-state index in [9.17, 15) is 0 Å². The van der Waals surface area contributed by atoms with Crippen LogP contribution in [0.25, 0.3) is 105 Å². The Morgan fingerprint density at radius 2 is 0.561 bits per heavy atom. The van der Waals surface area contributed by atoms with E-state index in [2.05, 4.69) is 226 Å². The fourth-order valence-corrected chi connectivity index (χ4v) is 9.25. The second-order valence-corrected chi connectivity index (χ2v) is 15.0. The molecule has 0 radical (unpaired) electrons. The fourth-order valence-electron chi connectivity index (χ4n) is 9.25. The van der Waals surface area contributed by atoms with Gasteiger partial charge in [0.05, 0.1) is 33.1 Å². The van der Waals surface area contributed by atoms with Crippen LogP contribution >= 0.6 is 0 Å². The Kier molecular flexibility index (Phi) is 6.93. The molecule has 0 saturated carbocycles. The van der Waals surface area contributed by atoms with Crippen LogP contribution < -0.4 is 0 Å². The van der Waals surface area contributed by atoms with E-state index in [0.717, 1.165) is 17.1 Å². The molecule has 0 saturated heterocycles. The summed E-state index contributed by atoms with van der Waals surface area (Å²) in [5, 5.41) is 7.49. The molecule has 0 spiro atoms. The minimum Gasteiger partial charge on any atom is -0.309 e. The molecule has 0 fully saturated rings. The average molecular weight is 726 g/mol. The zero-order valence-electron chi connectivity index (χ0n) is 31.0. The molecule has 9 aromatic carbocycles. The molecule has 0 atom stereocenters. The largest absolute Gasteiger partial charge is 0.309 e. The Bertz CT molecular complexity index is 3500. The fraction of sp³-hybridized carbons (Fsp3) is 0. The van der Waals surface area contributed by atoms with Gasteiger partial charge < -0.3 is 13.7 Å². The number of fused-ring (bicyclic) bond motifs is 9. The summed E-state index contributed by atoms with van der Waals surface area (Å²) < 4.78 is 7.23. The molecular weight excluding hydrogens is 691 g/mol. The summed E-state index contributed by atoms with van der Waals surface area (Å²) in [5.41, 5.74) is 15.5. The predicted octanol–water partition coefficient (Wildman–Crippen LogP) is 14.3. The van der Waals surface area contributed by atoms with Gasteiger partial charge in [0.25, 0.3) is 0 Å². The topological polar surface area (TPSA) is 14.8 Å². The van der Waals surface area contributed by atoms with Gasteiger partial charge in [-0.15, -0.1) is 0 Å². The summed E-state index contributed by atoms with van der Waals surface area (Å²) in [6, 6.07) is 77.4. The van der Waals surface area contributed by atoms with E-state index in [1.165, 1.54) is 87.7 Å². The molecule has 12 aromatic rings. The maximum Gasteiger partial charge on any atom is 0.0561 e. The van der Waals surface area contributed by atoms with Crippen LogP contribution in [0.15, 0.2) is 212 Å². The molecular formula is C54H35N3.